The summed E-state index contributed by atoms with van der Waals surface area (Å²) >= 11 is 0. The molecule has 1 heterocycles. The second-order valence-electron chi connectivity index (χ2n) is 22.8. The van der Waals surface area contributed by atoms with E-state index in [4.69, 9.17) is 4.52 Å². The molecule has 0 aliphatic carbocycles. The normalized spacial score (nSPS) is 10.3. The average molecular weight is 1120 g/mol. The number of nitrogens with one attached hydrogen (secondary N) is 7. The Kier molecular flexibility index (Phi) is 33.3. The van der Waals surface area contributed by atoms with Gasteiger partial charge in [0.1, 0.15) is 17.8 Å². The summed E-state index contributed by atoms with van der Waals surface area (Å²) in [6.07, 6.45) is 1.58. The van der Waals surface area contributed by atoms with Crippen molar-refractivity contribution in [1.82, 2.24) is 5.16 Å². The number of nitrogens with zero attached hydrogens (tertiary/aromatic N) is 1. The molecule has 0 aliphatic rings. The first-order valence-electron chi connectivity index (χ1n) is 29.2. The highest BCUT2D eigenvalue weighted by Crippen LogP contribution is 2.20. The van der Waals surface area contributed by atoms with Crippen LogP contribution in [0, 0.1) is 47.4 Å². The number of benzene rings is 7. The fourth-order valence-electron chi connectivity index (χ4n) is 7.36. The minimum Gasteiger partial charge on any atom is -0.383 e. The molecule has 0 bridgehead atoms. The van der Waals surface area contributed by atoms with Gasteiger partial charge in [-0.1, -0.05) is 112 Å². The topological polar surface area (TPSA) is 110 Å². The van der Waals surface area contributed by atoms with Crippen LogP contribution in [0.5, 0.6) is 0 Å². The standard InChI is InChI=1S/C12H14N2O.C10H14FN.5C10H15N/c1-9(2)13-11-5-3-10(4-6-11)12-7-8-15-14-12;1-7(2)12-9-5-4-8(3)10(11)6-9;5*1-8(2)11-10-6-4-9(3)5-7-10/h3-9,13H,1-2H3;4-7,12H,1-3H3;5*4-8,11H,1-3H3. The summed E-state index contributed by atoms with van der Waals surface area (Å²) in [5.41, 5.74) is 17.1. The molecule has 0 amide bonds. The van der Waals surface area contributed by atoms with Crippen molar-refractivity contribution in [2.24, 2.45) is 0 Å². The SMILES string of the molecule is CC(C)Nc1ccc(-c2ccon2)cc1.Cc1ccc(NC(C)C)cc1.Cc1ccc(NC(C)C)cc1.Cc1ccc(NC(C)C)cc1.Cc1ccc(NC(C)C)cc1.Cc1ccc(NC(C)C)cc1.Cc1ccc(NC(C)C)cc1F. The third kappa shape index (κ3) is 33.8. The molecule has 7 N–H and O–H groups in total. The van der Waals surface area contributed by atoms with Crippen LogP contribution in [0.25, 0.3) is 11.3 Å². The molecule has 8 aromatic rings. The highest BCUT2D eigenvalue weighted by Gasteiger charge is 2.03. The quantitative estimate of drug-likeness (QED) is 0.0540. The van der Waals surface area contributed by atoms with E-state index < -0.39 is 0 Å². The van der Waals surface area contributed by atoms with E-state index in [1.165, 1.54) is 62.3 Å². The Balaban J connectivity index is 0.000000328. The molecule has 0 radical (unpaired) electrons. The van der Waals surface area contributed by atoms with E-state index in [1.54, 1.807) is 19.3 Å². The van der Waals surface area contributed by atoms with Gasteiger partial charge in [-0.3, -0.25) is 0 Å². The average Bonchev–Trinajstić information content (AvgIpc) is 3.97. The summed E-state index contributed by atoms with van der Waals surface area (Å²) in [5, 5.41) is 27.0. The van der Waals surface area contributed by atoms with Crippen molar-refractivity contribution in [2.45, 2.75) is 181 Å². The second-order valence-corrected chi connectivity index (χ2v) is 22.8. The van der Waals surface area contributed by atoms with Crippen LogP contribution in [-0.4, -0.2) is 47.4 Å². The van der Waals surface area contributed by atoms with Crippen LogP contribution in [0.15, 0.2) is 181 Å². The number of rotatable bonds is 15. The molecular weight excluding hydrogens is 1010 g/mol. The number of hydrogen-bond acceptors (Lipinski definition) is 9. The van der Waals surface area contributed by atoms with Crippen LogP contribution in [0.3, 0.4) is 0 Å². The van der Waals surface area contributed by atoms with Crippen LogP contribution in [0.1, 0.15) is 130 Å². The monoisotopic (exact) mass is 1110 g/mol. The zero-order chi connectivity index (χ0) is 61.1. The smallest absolute Gasteiger partial charge is 0.128 e. The minimum absolute atomic E-state index is 0.152. The molecule has 0 spiro atoms. The van der Waals surface area contributed by atoms with Gasteiger partial charge in [0, 0.05) is 93.7 Å². The molecule has 0 fully saturated rings. The van der Waals surface area contributed by atoms with Crippen molar-refractivity contribution in [3.05, 3.63) is 215 Å². The van der Waals surface area contributed by atoms with Crippen LogP contribution >= 0.6 is 0 Å². The summed E-state index contributed by atoms with van der Waals surface area (Å²) in [6.45, 7) is 41.9. The van der Waals surface area contributed by atoms with Gasteiger partial charge in [-0.25, -0.2) is 4.39 Å². The number of aromatic nitrogens is 1. The predicted octanol–water partition coefficient (Wildman–Crippen LogP) is 20.2. The largest absolute Gasteiger partial charge is 0.383 e. The van der Waals surface area contributed by atoms with E-state index in [2.05, 4.69) is 281 Å². The lowest BCUT2D eigenvalue weighted by Gasteiger charge is -2.10. The number of aryl methyl sites for hydroxylation is 6. The highest BCUT2D eigenvalue weighted by molar-refractivity contribution is 5.62. The lowest BCUT2D eigenvalue weighted by atomic mass is 10.1. The molecule has 0 atom stereocenters. The van der Waals surface area contributed by atoms with Gasteiger partial charge in [0.2, 0.25) is 0 Å². The molecule has 444 valence electrons. The highest BCUT2D eigenvalue weighted by atomic mass is 19.1. The Labute approximate surface area is 496 Å². The third-order valence-electron chi connectivity index (χ3n) is 11.2. The third-order valence-corrected chi connectivity index (χ3v) is 11.2. The lowest BCUT2D eigenvalue weighted by molar-refractivity contribution is 0.422. The summed E-state index contributed by atoms with van der Waals surface area (Å²) < 4.78 is 17.8. The fraction of sp³-hybridized carbons (Fsp3) is 0.375. The van der Waals surface area contributed by atoms with Gasteiger partial charge in [-0.05, 0) is 229 Å². The Bertz CT molecular complexity index is 2540. The molecule has 82 heavy (non-hydrogen) atoms. The Morgan fingerprint density at radius 2 is 0.512 bits per heavy atom. The molecule has 0 saturated heterocycles. The Hall–Kier alpha value is -7.72. The van der Waals surface area contributed by atoms with E-state index in [0.29, 0.717) is 47.9 Å². The van der Waals surface area contributed by atoms with Crippen molar-refractivity contribution in [3.8, 4) is 11.3 Å². The van der Waals surface area contributed by atoms with Gasteiger partial charge in [-0.2, -0.15) is 0 Å². The molecule has 0 unspecified atom stereocenters. The van der Waals surface area contributed by atoms with Crippen molar-refractivity contribution in [2.75, 3.05) is 37.2 Å². The molecule has 9 nitrogen and oxygen atoms in total. The minimum atomic E-state index is -0.152. The van der Waals surface area contributed by atoms with Crippen LogP contribution in [0.4, 0.5) is 44.2 Å². The Morgan fingerprint density at radius 3 is 0.720 bits per heavy atom. The van der Waals surface area contributed by atoms with E-state index >= 15 is 0 Å². The van der Waals surface area contributed by atoms with Crippen LogP contribution in [-0.2, 0) is 0 Å². The first kappa shape index (κ1) is 70.4. The number of hydrogen-bond donors (Lipinski definition) is 7. The van der Waals surface area contributed by atoms with Crippen molar-refractivity contribution < 1.29 is 8.91 Å². The van der Waals surface area contributed by atoms with Crippen LogP contribution in [0.2, 0.25) is 0 Å². The fourth-order valence-corrected chi connectivity index (χ4v) is 7.36. The molecule has 0 aliphatic heterocycles. The number of halogens is 1. The van der Waals surface area contributed by atoms with E-state index in [1.807, 2.05) is 50.2 Å². The predicted molar refractivity (Wildman–Crippen MR) is 360 cm³/mol. The molecular formula is C72H103FN8O. The molecule has 7 aromatic carbocycles. The zero-order valence-electron chi connectivity index (χ0n) is 53.5. The first-order valence-corrected chi connectivity index (χ1v) is 29.2. The van der Waals surface area contributed by atoms with Crippen molar-refractivity contribution >= 4 is 39.8 Å². The van der Waals surface area contributed by atoms with Gasteiger partial charge in [0.25, 0.3) is 0 Å². The molecule has 10 heteroatoms. The summed E-state index contributed by atoms with van der Waals surface area (Å²) in [5.74, 6) is -0.152. The maximum absolute atomic E-state index is 13.0. The van der Waals surface area contributed by atoms with Crippen molar-refractivity contribution in [3.63, 3.8) is 0 Å². The Morgan fingerprint density at radius 1 is 0.293 bits per heavy atom. The van der Waals surface area contributed by atoms with Gasteiger partial charge >= 0.3 is 0 Å². The van der Waals surface area contributed by atoms with Gasteiger partial charge in [-0.15, -0.1) is 0 Å². The van der Waals surface area contributed by atoms with Gasteiger partial charge in [0.15, 0.2) is 0 Å². The summed E-state index contributed by atoms with van der Waals surface area (Å²) in [6, 6.07) is 60.8. The second kappa shape index (κ2) is 38.8. The van der Waals surface area contributed by atoms with E-state index in [9.17, 15) is 4.39 Å². The van der Waals surface area contributed by atoms with E-state index in [0.717, 1.165) is 22.6 Å². The number of anilines is 7. The van der Waals surface area contributed by atoms with E-state index in [-0.39, 0.29) is 5.82 Å². The van der Waals surface area contributed by atoms with Crippen molar-refractivity contribution in [1.29, 1.82) is 0 Å². The van der Waals surface area contributed by atoms with Gasteiger partial charge < -0.3 is 41.7 Å². The maximum atomic E-state index is 13.0. The molecule has 8 rings (SSSR count). The van der Waals surface area contributed by atoms with Crippen LogP contribution < -0.4 is 37.2 Å². The summed E-state index contributed by atoms with van der Waals surface area (Å²) in [7, 11) is 0. The summed E-state index contributed by atoms with van der Waals surface area (Å²) in [4.78, 5) is 0. The molecule has 1 aromatic heterocycles. The lowest BCUT2D eigenvalue weighted by Crippen LogP contribution is -2.09. The molecule has 0 saturated carbocycles. The maximum Gasteiger partial charge on any atom is 0.128 e. The zero-order valence-corrected chi connectivity index (χ0v) is 53.5. The van der Waals surface area contributed by atoms with Gasteiger partial charge in [0.05, 0.1) is 0 Å². The first-order chi connectivity index (χ1) is 38.8.